The minimum Gasteiger partial charge on any atom is -0.207 e. The van der Waals surface area contributed by atoms with Gasteiger partial charge >= 0.3 is 0 Å². The zero-order valence-corrected chi connectivity index (χ0v) is 12.8. The van der Waals surface area contributed by atoms with Crippen LogP contribution in [0.1, 0.15) is 20.3 Å². The Bertz CT molecular complexity index is 473. The molecule has 0 fully saturated rings. The van der Waals surface area contributed by atoms with Crippen molar-refractivity contribution in [3.63, 3.8) is 0 Å². The first kappa shape index (κ1) is 14.7. The molecule has 0 bridgehead atoms. The summed E-state index contributed by atoms with van der Waals surface area (Å²) in [4.78, 5) is 0.331. The smallest absolute Gasteiger partial charge is 0.207 e. The van der Waals surface area contributed by atoms with Gasteiger partial charge in [0.1, 0.15) is 0 Å². The highest BCUT2D eigenvalue weighted by atomic mass is 79.9. The van der Waals surface area contributed by atoms with Gasteiger partial charge in [-0.15, -0.1) is 0 Å². The van der Waals surface area contributed by atoms with E-state index in [1.54, 1.807) is 25.2 Å². The van der Waals surface area contributed by atoms with Crippen molar-refractivity contribution >= 4 is 26.0 Å². The first-order valence-electron chi connectivity index (χ1n) is 5.59. The van der Waals surface area contributed by atoms with E-state index in [0.29, 0.717) is 17.4 Å². The Hall–Kier alpha value is -0.390. The van der Waals surface area contributed by atoms with E-state index in [0.717, 1.165) is 10.9 Å². The molecule has 1 aromatic carbocycles. The molecule has 0 radical (unpaired) electrons. The average Bonchev–Trinajstić information content (AvgIpc) is 2.28. The number of benzene rings is 1. The summed E-state index contributed by atoms with van der Waals surface area (Å²) in [6.45, 7) is 4.66. The van der Waals surface area contributed by atoms with Gasteiger partial charge in [0.2, 0.25) is 10.0 Å². The van der Waals surface area contributed by atoms with Crippen molar-refractivity contribution in [3.05, 3.63) is 28.7 Å². The van der Waals surface area contributed by atoms with Crippen LogP contribution in [0.2, 0.25) is 0 Å². The van der Waals surface area contributed by atoms with E-state index in [2.05, 4.69) is 22.9 Å². The van der Waals surface area contributed by atoms with Crippen LogP contribution in [0.4, 0.5) is 0 Å². The second-order valence-corrected chi connectivity index (χ2v) is 7.22. The predicted molar refractivity (Wildman–Crippen MR) is 73.4 cm³/mol. The highest BCUT2D eigenvalue weighted by molar-refractivity contribution is 9.10. The number of nitrogens with zero attached hydrogens (tertiary/aromatic N) is 1. The maximum atomic E-state index is 12.2. The van der Waals surface area contributed by atoms with Crippen molar-refractivity contribution in [3.8, 4) is 0 Å². The number of hydrogen-bond acceptors (Lipinski definition) is 2. The first-order chi connectivity index (χ1) is 7.87. The molecule has 5 heteroatoms. The Balaban J connectivity index is 2.95. The number of hydrogen-bond donors (Lipinski definition) is 0. The zero-order chi connectivity index (χ0) is 13.1. The molecule has 0 spiro atoms. The van der Waals surface area contributed by atoms with Gasteiger partial charge in [-0.05, 0) is 24.1 Å². The molecule has 3 nitrogen and oxygen atoms in total. The fraction of sp³-hybridized carbons (Fsp3) is 0.500. The molecule has 0 N–H and O–H groups in total. The van der Waals surface area contributed by atoms with E-state index >= 15 is 0 Å². The van der Waals surface area contributed by atoms with Gasteiger partial charge in [-0.3, -0.25) is 0 Å². The van der Waals surface area contributed by atoms with Gasteiger partial charge in [0.25, 0.3) is 0 Å². The molecule has 0 heterocycles. The Morgan fingerprint density at radius 1 is 1.41 bits per heavy atom. The quantitative estimate of drug-likeness (QED) is 0.836. The molecule has 0 aliphatic rings. The topological polar surface area (TPSA) is 37.4 Å². The van der Waals surface area contributed by atoms with Crippen LogP contribution in [0.3, 0.4) is 0 Å². The third-order valence-electron chi connectivity index (χ3n) is 2.77. The van der Waals surface area contributed by atoms with E-state index in [9.17, 15) is 8.42 Å². The van der Waals surface area contributed by atoms with E-state index < -0.39 is 10.0 Å². The summed E-state index contributed by atoms with van der Waals surface area (Å²) >= 11 is 3.29. The standard InChI is InChI=1S/C12H18BrNO2S/c1-4-10(2)9-14(3)17(15,16)12-7-5-6-11(13)8-12/h5-8,10H,4,9H2,1-3H3. The zero-order valence-electron chi connectivity index (χ0n) is 10.4. The molecule has 0 aliphatic heterocycles. The molecule has 1 unspecified atom stereocenters. The fourth-order valence-corrected chi connectivity index (χ4v) is 3.36. The Kier molecular flexibility index (Phi) is 5.16. The lowest BCUT2D eigenvalue weighted by Crippen LogP contribution is -2.31. The molecule has 0 amide bonds. The molecule has 1 aromatic rings. The molecule has 0 saturated carbocycles. The van der Waals surface area contributed by atoms with Crippen LogP contribution in [0.25, 0.3) is 0 Å². The van der Waals surface area contributed by atoms with Crippen LogP contribution in [0, 0.1) is 5.92 Å². The van der Waals surface area contributed by atoms with Crippen LogP contribution < -0.4 is 0 Å². The molecule has 1 rings (SSSR count). The summed E-state index contributed by atoms with van der Waals surface area (Å²) in [5, 5.41) is 0. The van der Waals surface area contributed by atoms with Gasteiger partial charge < -0.3 is 0 Å². The first-order valence-corrected chi connectivity index (χ1v) is 7.83. The molecule has 0 saturated heterocycles. The number of sulfonamides is 1. The van der Waals surface area contributed by atoms with Crippen molar-refractivity contribution in [2.75, 3.05) is 13.6 Å². The Morgan fingerprint density at radius 2 is 2.06 bits per heavy atom. The van der Waals surface area contributed by atoms with E-state index in [1.807, 2.05) is 13.0 Å². The van der Waals surface area contributed by atoms with E-state index in [1.165, 1.54) is 4.31 Å². The van der Waals surface area contributed by atoms with Gasteiger partial charge in [0, 0.05) is 18.1 Å². The summed E-state index contributed by atoms with van der Waals surface area (Å²) in [5.41, 5.74) is 0. The number of rotatable bonds is 5. The monoisotopic (exact) mass is 319 g/mol. The van der Waals surface area contributed by atoms with Crippen molar-refractivity contribution in [1.82, 2.24) is 4.31 Å². The van der Waals surface area contributed by atoms with Crippen molar-refractivity contribution in [2.24, 2.45) is 5.92 Å². The summed E-state index contributed by atoms with van der Waals surface area (Å²) in [6, 6.07) is 6.79. The SMILES string of the molecule is CCC(C)CN(C)S(=O)(=O)c1cccc(Br)c1. The summed E-state index contributed by atoms with van der Waals surface area (Å²) in [7, 11) is -1.74. The highest BCUT2D eigenvalue weighted by Gasteiger charge is 2.21. The average molecular weight is 320 g/mol. The van der Waals surface area contributed by atoms with Gasteiger partial charge in [0.05, 0.1) is 4.90 Å². The maximum absolute atomic E-state index is 12.2. The second kappa shape index (κ2) is 5.98. The summed E-state index contributed by atoms with van der Waals surface area (Å²) < 4.78 is 26.7. The minimum absolute atomic E-state index is 0.331. The van der Waals surface area contributed by atoms with Gasteiger partial charge in [0.15, 0.2) is 0 Å². The lowest BCUT2D eigenvalue weighted by molar-refractivity contribution is 0.393. The fourth-order valence-electron chi connectivity index (χ4n) is 1.47. The molecule has 1 atom stereocenters. The molecule has 0 aliphatic carbocycles. The van der Waals surface area contributed by atoms with Crippen molar-refractivity contribution in [2.45, 2.75) is 25.2 Å². The van der Waals surface area contributed by atoms with Crippen LogP contribution >= 0.6 is 15.9 Å². The third kappa shape index (κ3) is 3.79. The molecule has 96 valence electrons. The van der Waals surface area contributed by atoms with E-state index in [-0.39, 0.29) is 0 Å². The predicted octanol–water partition coefficient (Wildman–Crippen LogP) is 3.12. The lowest BCUT2D eigenvalue weighted by atomic mass is 10.1. The van der Waals surface area contributed by atoms with Gasteiger partial charge in [-0.25, -0.2) is 12.7 Å². The summed E-state index contributed by atoms with van der Waals surface area (Å²) in [6.07, 6.45) is 0.971. The van der Waals surface area contributed by atoms with Gasteiger partial charge in [-0.2, -0.15) is 0 Å². The summed E-state index contributed by atoms with van der Waals surface area (Å²) in [5.74, 6) is 0.363. The molecular weight excluding hydrogens is 302 g/mol. The molecular formula is C12H18BrNO2S. The van der Waals surface area contributed by atoms with Crippen LogP contribution in [0.15, 0.2) is 33.6 Å². The van der Waals surface area contributed by atoms with Crippen LogP contribution in [-0.4, -0.2) is 26.3 Å². The molecule has 0 aromatic heterocycles. The van der Waals surface area contributed by atoms with Crippen LogP contribution in [-0.2, 0) is 10.0 Å². The lowest BCUT2D eigenvalue weighted by Gasteiger charge is -2.20. The van der Waals surface area contributed by atoms with Crippen LogP contribution in [0.5, 0.6) is 0 Å². The minimum atomic E-state index is -3.36. The second-order valence-electron chi connectivity index (χ2n) is 4.26. The van der Waals surface area contributed by atoms with Crippen molar-refractivity contribution in [1.29, 1.82) is 0 Å². The largest absolute Gasteiger partial charge is 0.242 e. The Morgan fingerprint density at radius 3 is 2.59 bits per heavy atom. The Labute approximate surface area is 112 Å². The number of halogens is 1. The van der Waals surface area contributed by atoms with Crippen molar-refractivity contribution < 1.29 is 8.42 Å². The normalized spacial score (nSPS) is 13.9. The highest BCUT2D eigenvalue weighted by Crippen LogP contribution is 2.20. The third-order valence-corrected chi connectivity index (χ3v) is 5.08. The maximum Gasteiger partial charge on any atom is 0.242 e. The van der Waals surface area contributed by atoms with E-state index in [4.69, 9.17) is 0 Å². The van der Waals surface area contributed by atoms with Gasteiger partial charge in [-0.1, -0.05) is 42.3 Å². The molecule has 17 heavy (non-hydrogen) atoms.